The molecule has 4 unspecified atom stereocenters. The molecule has 3 aliphatic rings. The third kappa shape index (κ3) is 2.14. The van der Waals surface area contributed by atoms with Crippen LogP contribution in [0.2, 0.25) is 0 Å². The van der Waals surface area contributed by atoms with Gasteiger partial charge in [0.25, 0.3) is 0 Å². The minimum atomic E-state index is -0.271. The van der Waals surface area contributed by atoms with Crippen LogP contribution >= 0.6 is 0 Å². The van der Waals surface area contributed by atoms with Crippen LogP contribution in [0.1, 0.15) is 52.9 Å². The maximum absolute atomic E-state index is 10.2. The summed E-state index contributed by atoms with van der Waals surface area (Å²) in [5.74, 6) is 0.699. The molecule has 2 aliphatic carbocycles. The van der Waals surface area contributed by atoms with Gasteiger partial charge in [-0.1, -0.05) is 33.6 Å². The van der Waals surface area contributed by atoms with E-state index in [2.05, 4.69) is 26.1 Å². The number of hydrogen-bond donors (Lipinski definition) is 2. The standard InChI is InChI=1S/C16H29NO2/c1-15(2,3)12(18)10-17-13-11-6-9-19-14(11)16(13)7-4-5-8-16/h11-14,17-18H,4-10H2,1-3H3. The Morgan fingerprint density at radius 3 is 2.63 bits per heavy atom. The van der Waals surface area contributed by atoms with Crippen molar-refractivity contribution >= 4 is 0 Å². The number of ether oxygens (including phenoxy) is 1. The van der Waals surface area contributed by atoms with Gasteiger partial charge in [0, 0.05) is 30.5 Å². The van der Waals surface area contributed by atoms with Gasteiger partial charge < -0.3 is 15.2 Å². The lowest BCUT2D eigenvalue weighted by molar-refractivity contribution is -0.133. The van der Waals surface area contributed by atoms with E-state index in [9.17, 15) is 5.11 Å². The van der Waals surface area contributed by atoms with Crippen molar-refractivity contribution in [1.29, 1.82) is 0 Å². The second-order valence-electron chi connectivity index (χ2n) is 7.95. The topological polar surface area (TPSA) is 41.5 Å². The van der Waals surface area contributed by atoms with Crippen LogP contribution in [0.3, 0.4) is 0 Å². The number of hydrogen-bond acceptors (Lipinski definition) is 3. The minimum absolute atomic E-state index is 0.0365. The van der Waals surface area contributed by atoms with Crippen LogP contribution in [0, 0.1) is 16.7 Å². The van der Waals surface area contributed by atoms with Gasteiger partial charge in [-0.2, -0.15) is 0 Å². The van der Waals surface area contributed by atoms with Crippen LogP contribution in [0.25, 0.3) is 0 Å². The van der Waals surface area contributed by atoms with Gasteiger partial charge in [0.1, 0.15) is 0 Å². The molecule has 1 saturated heterocycles. The molecule has 3 nitrogen and oxygen atoms in total. The molecular weight excluding hydrogens is 238 g/mol. The second kappa shape index (κ2) is 4.71. The van der Waals surface area contributed by atoms with Crippen molar-refractivity contribution in [3.05, 3.63) is 0 Å². The molecule has 0 aromatic carbocycles. The van der Waals surface area contributed by atoms with Crippen molar-refractivity contribution in [2.75, 3.05) is 13.2 Å². The zero-order valence-electron chi connectivity index (χ0n) is 12.6. The first-order valence-corrected chi connectivity index (χ1v) is 7.98. The highest BCUT2D eigenvalue weighted by Crippen LogP contribution is 2.60. The molecule has 3 heteroatoms. The predicted molar refractivity (Wildman–Crippen MR) is 76.0 cm³/mol. The van der Waals surface area contributed by atoms with Crippen molar-refractivity contribution in [3.8, 4) is 0 Å². The molecule has 0 amide bonds. The van der Waals surface area contributed by atoms with Gasteiger partial charge in [-0.05, 0) is 24.7 Å². The van der Waals surface area contributed by atoms with E-state index in [1.165, 1.54) is 32.1 Å². The lowest BCUT2D eigenvalue weighted by atomic mass is 9.54. The third-order valence-electron chi connectivity index (χ3n) is 5.82. The number of aliphatic hydroxyl groups excluding tert-OH is 1. The Bertz CT molecular complexity index is 330. The average Bonchev–Trinajstić information content (AvgIpc) is 2.94. The second-order valence-corrected chi connectivity index (χ2v) is 7.95. The van der Waals surface area contributed by atoms with E-state index in [0.717, 1.165) is 13.2 Å². The lowest BCUT2D eigenvalue weighted by Gasteiger charge is -2.57. The molecule has 4 atom stereocenters. The zero-order chi connectivity index (χ0) is 13.7. The third-order valence-corrected chi connectivity index (χ3v) is 5.82. The Labute approximate surface area is 117 Å². The van der Waals surface area contributed by atoms with E-state index < -0.39 is 0 Å². The van der Waals surface area contributed by atoms with Crippen molar-refractivity contribution in [2.24, 2.45) is 16.7 Å². The molecule has 1 heterocycles. The molecule has 1 aliphatic heterocycles. The number of fused-ring (bicyclic) bond motifs is 2. The van der Waals surface area contributed by atoms with Gasteiger partial charge in [-0.3, -0.25) is 0 Å². The molecule has 0 aromatic rings. The van der Waals surface area contributed by atoms with E-state index >= 15 is 0 Å². The highest BCUT2D eigenvalue weighted by Gasteiger charge is 2.64. The Morgan fingerprint density at radius 2 is 2.00 bits per heavy atom. The first-order valence-electron chi connectivity index (χ1n) is 7.98. The summed E-state index contributed by atoms with van der Waals surface area (Å²) in [4.78, 5) is 0. The van der Waals surface area contributed by atoms with E-state index in [1.807, 2.05) is 0 Å². The summed E-state index contributed by atoms with van der Waals surface area (Å²) in [5, 5.41) is 13.9. The summed E-state index contributed by atoms with van der Waals surface area (Å²) < 4.78 is 5.99. The molecule has 110 valence electrons. The lowest BCUT2D eigenvalue weighted by Crippen LogP contribution is -2.68. The quantitative estimate of drug-likeness (QED) is 0.824. The summed E-state index contributed by atoms with van der Waals surface area (Å²) in [5.41, 5.74) is 0.365. The van der Waals surface area contributed by atoms with Crippen molar-refractivity contribution < 1.29 is 9.84 Å². The molecule has 1 spiro atoms. The highest BCUT2D eigenvalue weighted by molar-refractivity contribution is 5.16. The maximum Gasteiger partial charge on any atom is 0.0712 e. The van der Waals surface area contributed by atoms with E-state index in [4.69, 9.17) is 4.74 Å². The Morgan fingerprint density at radius 1 is 1.32 bits per heavy atom. The summed E-state index contributed by atoms with van der Waals surface area (Å²) >= 11 is 0. The average molecular weight is 267 g/mol. The van der Waals surface area contributed by atoms with Crippen molar-refractivity contribution in [1.82, 2.24) is 5.32 Å². The molecule has 0 radical (unpaired) electrons. The molecule has 2 N–H and O–H groups in total. The van der Waals surface area contributed by atoms with E-state index in [-0.39, 0.29) is 11.5 Å². The fourth-order valence-electron chi connectivity index (χ4n) is 4.55. The first-order chi connectivity index (χ1) is 8.95. The molecule has 3 fully saturated rings. The van der Waals surface area contributed by atoms with E-state index in [0.29, 0.717) is 23.5 Å². The predicted octanol–water partition coefficient (Wildman–Crippen LogP) is 2.33. The summed E-state index contributed by atoms with van der Waals surface area (Å²) in [6.07, 6.45) is 6.79. The molecule has 0 aromatic heterocycles. The van der Waals surface area contributed by atoms with Crippen LogP contribution in [-0.4, -0.2) is 36.5 Å². The minimum Gasteiger partial charge on any atom is -0.391 e. The highest BCUT2D eigenvalue weighted by atomic mass is 16.5. The summed E-state index contributed by atoms with van der Waals surface area (Å²) in [6.45, 7) is 7.98. The molecule has 3 rings (SSSR count). The molecule has 0 bridgehead atoms. The van der Waals surface area contributed by atoms with Crippen LogP contribution in [0.5, 0.6) is 0 Å². The molecule has 19 heavy (non-hydrogen) atoms. The van der Waals surface area contributed by atoms with Gasteiger partial charge >= 0.3 is 0 Å². The van der Waals surface area contributed by atoms with Gasteiger partial charge in [0.2, 0.25) is 0 Å². The summed E-state index contributed by atoms with van der Waals surface area (Å²) in [6, 6.07) is 0.583. The fraction of sp³-hybridized carbons (Fsp3) is 1.00. The summed E-state index contributed by atoms with van der Waals surface area (Å²) in [7, 11) is 0. The van der Waals surface area contributed by atoms with Gasteiger partial charge in [0.05, 0.1) is 12.2 Å². The van der Waals surface area contributed by atoms with Crippen LogP contribution < -0.4 is 5.32 Å². The normalized spacial score (nSPS) is 38.2. The van der Waals surface area contributed by atoms with Crippen LogP contribution in [0.4, 0.5) is 0 Å². The first kappa shape index (κ1) is 13.8. The monoisotopic (exact) mass is 267 g/mol. The van der Waals surface area contributed by atoms with Crippen molar-refractivity contribution in [3.63, 3.8) is 0 Å². The molecule has 2 saturated carbocycles. The fourth-order valence-corrected chi connectivity index (χ4v) is 4.55. The molecular formula is C16H29NO2. The largest absolute Gasteiger partial charge is 0.391 e. The van der Waals surface area contributed by atoms with Crippen molar-refractivity contribution in [2.45, 2.75) is 71.1 Å². The Hall–Kier alpha value is -0.120. The zero-order valence-corrected chi connectivity index (χ0v) is 12.6. The van der Waals surface area contributed by atoms with Crippen LogP contribution in [-0.2, 0) is 4.74 Å². The van der Waals surface area contributed by atoms with Crippen LogP contribution in [0.15, 0.2) is 0 Å². The van der Waals surface area contributed by atoms with Gasteiger partial charge in [-0.15, -0.1) is 0 Å². The number of rotatable bonds is 3. The maximum atomic E-state index is 10.2. The van der Waals surface area contributed by atoms with Gasteiger partial charge in [0.15, 0.2) is 0 Å². The smallest absolute Gasteiger partial charge is 0.0712 e. The van der Waals surface area contributed by atoms with E-state index in [1.54, 1.807) is 0 Å². The number of aliphatic hydroxyl groups is 1. The van der Waals surface area contributed by atoms with Gasteiger partial charge in [-0.25, -0.2) is 0 Å². The Balaban J connectivity index is 1.63. The number of nitrogens with one attached hydrogen (secondary N) is 1. The Kier molecular flexibility index (Phi) is 3.43. The SMILES string of the molecule is CC(C)(C)C(O)CNC1C2CCOC2C12CCCC2.